The zero-order chi connectivity index (χ0) is 23.8. The Labute approximate surface area is 190 Å². The van der Waals surface area contributed by atoms with E-state index in [4.69, 9.17) is 19.0 Å². The van der Waals surface area contributed by atoms with Gasteiger partial charge in [0.15, 0.2) is 5.89 Å². The summed E-state index contributed by atoms with van der Waals surface area (Å²) in [6, 6.07) is 12.5. The van der Waals surface area contributed by atoms with Crippen LogP contribution in [0.2, 0.25) is 0 Å². The average molecular weight is 456 g/mol. The number of rotatable bonds is 10. The monoisotopic (exact) mass is 456 g/mol. The lowest BCUT2D eigenvalue weighted by atomic mass is 10.2. The summed E-state index contributed by atoms with van der Waals surface area (Å²) in [7, 11) is 0. The largest absolute Gasteiger partial charge is 0.493 e. The van der Waals surface area contributed by atoms with Crippen molar-refractivity contribution in [3.05, 3.63) is 82.8 Å². The Morgan fingerprint density at radius 3 is 2.33 bits per heavy atom. The summed E-state index contributed by atoms with van der Waals surface area (Å²) in [6.07, 6.45) is -0.169. The molecule has 0 radical (unpaired) electrons. The topological polar surface area (TPSA) is 102 Å². The van der Waals surface area contributed by atoms with Crippen LogP contribution in [0.4, 0.5) is 9.18 Å². The fourth-order valence-electron chi connectivity index (χ4n) is 3.15. The van der Waals surface area contributed by atoms with Crippen molar-refractivity contribution in [3.8, 4) is 5.75 Å². The molecule has 0 saturated carbocycles. The lowest BCUT2D eigenvalue weighted by Gasteiger charge is -2.20. The smallest absolute Gasteiger partial charge is 0.410 e. The average Bonchev–Trinajstić information content (AvgIpc) is 3.10. The molecular weight excluding hydrogens is 431 g/mol. The Hall–Kier alpha value is -3.88. The molecule has 0 bridgehead atoms. The van der Waals surface area contributed by atoms with Crippen molar-refractivity contribution in [2.24, 2.45) is 0 Å². The number of aryl methyl sites for hydroxylation is 2. The zero-order valence-electron chi connectivity index (χ0n) is 18.4. The number of carboxylic acids is 1. The van der Waals surface area contributed by atoms with Crippen LogP contribution >= 0.6 is 0 Å². The second-order valence-electron chi connectivity index (χ2n) is 7.41. The molecule has 174 valence electrons. The minimum atomic E-state index is -1.16. The minimum Gasteiger partial charge on any atom is -0.493 e. The quantitative estimate of drug-likeness (QED) is 0.486. The number of aromatic nitrogens is 1. The first-order valence-electron chi connectivity index (χ1n) is 10.3. The van der Waals surface area contributed by atoms with E-state index in [0.29, 0.717) is 35.8 Å². The van der Waals surface area contributed by atoms with Crippen molar-refractivity contribution >= 4 is 12.1 Å². The van der Waals surface area contributed by atoms with E-state index < -0.39 is 24.4 Å². The van der Waals surface area contributed by atoms with Gasteiger partial charge in [0.05, 0.1) is 12.3 Å². The van der Waals surface area contributed by atoms with E-state index in [0.717, 1.165) is 16.4 Å². The lowest BCUT2D eigenvalue weighted by Crippen LogP contribution is -2.35. The van der Waals surface area contributed by atoms with E-state index in [1.165, 1.54) is 24.3 Å². The summed E-state index contributed by atoms with van der Waals surface area (Å²) in [5.74, 6) is 0.478. The summed E-state index contributed by atoms with van der Waals surface area (Å²) in [4.78, 5) is 29.0. The number of aliphatic carboxylic acids is 1. The van der Waals surface area contributed by atoms with Crippen molar-refractivity contribution in [1.29, 1.82) is 0 Å². The second kappa shape index (κ2) is 11.1. The molecule has 1 N–H and O–H groups in total. The van der Waals surface area contributed by atoms with Gasteiger partial charge in [-0.3, -0.25) is 9.69 Å². The number of oxazole rings is 1. The highest BCUT2D eigenvalue weighted by atomic mass is 19.1. The molecule has 0 aliphatic heterocycles. The maximum absolute atomic E-state index is 13.0. The highest BCUT2D eigenvalue weighted by Gasteiger charge is 2.19. The SMILES string of the molecule is Cc1nc(CCOc2ccc(CN(CC(=O)O)C(=O)OCc3ccc(F)cc3)cc2)c(C)o1. The van der Waals surface area contributed by atoms with Crippen LogP contribution in [0.25, 0.3) is 0 Å². The molecule has 1 aromatic heterocycles. The maximum Gasteiger partial charge on any atom is 0.410 e. The molecule has 3 aromatic rings. The molecule has 0 unspecified atom stereocenters. The van der Waals surface area contributed by atoms with Crippen molar-refractivity contribution in [3.63, 3.8) is 0 Å². The van der Waals surface area contributed by atoms with Gasteiger partial charge in [-0.25, -0.2) is 14.2 Å². The molecule has 0 fully saturated rings. The molecule has 0 atom stereocenters. The molecular formula is C24H25FN2O6. The van der Waals surface area contributed by atoms with Crippen LogP contribution in [-0.4, -0.2) is 40.2 Å². The summed E-state index contributed by atoms with van der Waals surface area (Å²) < 4.78 is 29.3. The molecule has 9 heteroatoms. The molecule has 0 aliphatic carbocycles. The number of benzene rings is 2. The standard InChI is InChI=1S/C24H25FN2O6/c1-16-22(26-17(2)33-16)11-12-31-21-9-5-18(6-10-21)13-27(14-23(28)29)24(30)32-15-19-3-7-20(25)8-4-19/h3-10H,11-15H2,1-2H3,(H,28,29). The number of hydrogen-bond donors (Lipinski definition) is 1. The number of halogens is 1. The minimum absolute atomic E-state index is 0.0479. The second-order valence-corrected chi connectivity index (χ2v) is 7.41. The van der Waals surface area contributed by atoms with Crippen molar-refractivity contribution in [2.75, 3.05) is 13.2 Å². The Morgan fingerprint density at radius 1 is 1.06 bits per heavy atom. The molecule has 0 aliphatic rings. The van der Waals surface area contributed by atoms with Crippen LogP contribution in [0.1, 0.15) is 28.5 Å². The summed E-state index contributed by atoms with van der Waals surface area (Å²) >= 11 is 0. The molecule has 33 heavy (non-hydrogen) atoms. The van der Waals surface area contributed by atoms with Gasteiger partial charge >= 0.3 is 12.1 Å². The van der Waals surface area contributed by atoms with Crippen LogP contribution in [0.15, 0.2) is 52.9 Å². The fourth-order valence-corrected chi connectivity index (χ4v) is 3.15. The summed E-state index contributed by atoms with van der Waals surface area (Å²) in [5, 5.41) is 9.16. The van der Waals surface area contributed by atoms with Crippen molar-refractivity contribution in [2.45, 2.75) is 33.4 Å². The number of amides is 1. The Bertz CT molecular complexity index is 1080. The lowest BCUT2D eigenvalue weighted by molar-refractivity contribution is -0.138. The number of hydrogen-bond acceptors (Lipinski definition) is 6. The molecule has 1 amide bonds. The number of carbonyl (C=O) groups is 2. The van der Waals surface area contributed by atoms with Gasteiger partial charge in [-0.1, -0.05) is 24.3 Å². The molecule has 0 saturated heterocycles. The van der Waals surface area contributed by atoms with Crippen LogP contribution in [0.3, 0.4) is 0 Å². The molecule has 3 rings (SSSR count). The fraction of sp³-hybridized carbons (Fsp3) is 0.292. The van der Waals surface area contributed by atoms with Gasteiger partial charge in [-0.2, -0.15) is 0 Å². The first-order valence-corrected chi connectivity index (χ1v) is 10.3. The molecule has 2 aromatic carbocycles. The van der Waals surface area contributed by atoms with Gasteiger partial charge in [0.25, 0.3) is 0 Å². The number of carboxylic acid groups (broad SMARTS) is 1. The normalized spacial score (nSPS) is 10.6. The zero-order valence-corrected chi connectivity index (χ0v) is 18.4. The van der Waals surface area contributed by atoms with E-state index >= 15 is 0 Å². The van der Waals surface area contributed by atoms with Crippen LogP contribution in [0, 0.1) is 19.7 Å². The first-order chi connectivity index (χ1) is 15.8. The summed E-state index contributed by atoms with van der Waals surface area (Å²) in [5.41, 5.74) is 2.16. The highest BCUT2D eigenvalue weighted by Crippen LogP contribution is 2.16. The highest BCUT2D eigenvalue weighted by molar-refractivity contribution is 5.76. The van der Waals surface area contributed by atoms with Crippen molar-refractivity contribution < 1.29 is 33.0 Å². The predicted octanol–water partition coefficient (Wildman–Crippen LogP) is 4.28. The maximum atomic E-state index is 13.0. The van der Waals surface area contributed by atoms with Crippen molar-refractivity contribution in [1.82, 2.24) is 9.88 Å². The molecule has 8 nitrogen and oxygen atoms in total. The Balaban J connectivity index is 1.53. The van der Waals surface area contributed by atoms with Gasteiger partial charge in [-0.15, -0.1) is 0 Å². The third-order valence-electron chi connectivity index (χ3n) is 4.76. The van der Waals surface area contributed by atoms with Crippen LogP contribution in [-0.2, 0) is 29.1 Å². The van der Waals surface area contributed by atoms with Gasteiger partial charge < -0.3 is 19.0 Å². The molecule has 0 spiro atoms. The van der Waals surface area contributed by atoms with E-state index in [1.54, 1.807) is 31.2 Å². The van der Waals surface area contributed by atoms with Crippen LogP contribution in [0.5, 0.6) is 5.75 Å². The van der Waals surface area contributed by atoms with E-state index in [-0.39, 0.29) is 13.2 Å². The predicted molar refractivity (Wildman–Crippen MR) is 116 cm³/mol. The third kappa shape index (κ3) is 7.34. The Morgan fingerprint density at radius 2 is 1.73 bits per heavy atom. The number of ether oxygens (including phenoxy) is 2. The third-order valence-corrected chi connectivity index (χ3v) is 4.76. The van der Waals surface area contributed by atoms with Gasteiger partial charge in [0.1, 0.15) is 30.5 Å². The number of nitrogens with zero attached hydrogens (tertiary/aromatic N) is 2. The van der Waals surface area contributed by atoms with Gasteiger partial charge in [0.2, 0.25) is 0 Å². The van der Waals surface area contributed by atoms with Gasteiger partial charge in [0, 0.05) is 19.9 Å². The van der Waals surface area contributed by atoms with E-state index in [2.05, 4.69) is 4.98 Å². The summed E-state index contributed by atoms with van der Waals surface area (Å²) in [6.45, 7) is 3.52. The van der Waals surface area contributed by atoms with E-state index in [1.807, 2.05) is 6.92 Å². The van der Waals surface area contributed by atoms with Crippen LogP contribution < -0.4 is 4.74 Å². The number of carbonyl (C=O) groups excluding carboxylic acids is 1. The van der Waals surface area contributed by atoms with Gasteiger partial charge in [-0.05, 0) is 42.3 Å². The Kier molecular flexibility index (Phi) is 8.01. The molecule has 1 heterocycles. The van der Waals surface area contributed by atoms with E-state index in [9.17, 15) is 14.0 Å². The first kappa shape index (κ1) is 23.8.